The molecule has 1 fully saturated rings. The van der Waals surface area contributed by atoms with Crippen molar-refractivity contribution >= 4 is 23.7 Å². The zero-order valence-electron chi connectivity index (χ0n) is 8.96. The van der Waals surface area contributed by atoms with Crippen LogP contribution in [0.2, 0.25) is 5.02 Å². The molecule has 1 aromatic rings. The average molecular weight is 256 g/mol. The zero-order valence-corrected chi connectivity index (χ0v) is 9.72. The summed E-state index contributed by atoms with van der Waals surface area (Å²) in [5, 5.41) is 9.57. The Kier molecular flexibility index (Phi) is 2.93. The Morgan fingerprint density at radius 2 is 2.24 bits per heavy atom. The maximum Gasteiger partial charge on any atom is 0.411 e. The van der Waals surface area contributed by atoms with Gasteiger partial charge >= 0.3 is 12.1 Å². The molecule has 1 aliphatic heterocycles. The molecule has 0 aromatic heterocycles. The number of amides is 1. The van der Waals surface area contributed by atoms with Crippen LogP contribution in [-0.4, -0.2) is 35.2 Å². The highest BCUT2D eigenvalue weighted by Gasteiger charge is 2.45. The van der Waals surface area contributed by atoms with Gasteiger partial charge in [0.2, 0.25) is 0 Å². The number of halogens is 1. The third kappa shape index (κ3) is 2.06. The molecule has 1 saturated heterocycles. The van der Waals surface area contributed by atoms with Crippen LogP contribution in [-0.2, 0) is 9.53 Å². The second-order valence-electron chi connectivity index (χ2n) is 3.75. The van der Waals surface area contributed by atoms with Gasteiger partial charge in [-0.1, -0.05) is 23.7 Å². The van der Waals surface area contributed by atoms with E-state index in [0.717, 1.165) is 4.90 Å². The Morgan fingerprint density at radius 1 is 1.53 bits per heavy atom. The first kappa shape index (κ1) is 11.7. The quantitative estimate of drug-likeness (QED) is 0.877. The van der Waals surface area contributed by atoms with Crippen molar-refractivity contribution in [2.75, 3.05) is 7.05 Å². The molecule has 1 N–H and O–H groups in total. The highest BCUT2D eigenvalue weighted by atomic mass is 35.5. The van der Waals surface area contributed by atoms with Crippen LogP contribution >= 0.6 is 11.6 Å². The topological polar surface area (TPSA) is 66.8 Å². The highest BCUT2D eigenvalue weighted by molar-refractivity contribution is 6.30. The lowest BCUT2D eigenvalue weighted by Gasteiger charge is -2.17. The minimum Gasteiger partial charge on any atom is -0.480 e. The first-order chi connectivity index (χ1) is 8.00. The molecule has 2 rings (SSSR count). The largest absolute Gasteiger partial charge is 0.480 e. The predicted molar refractivity (Wildman–Crippen MR) is 59.9 cm³/mol. The number of aliphatic carboxylic acids is 1. The van der Waals surface area contributed by atoms with E-state index in [1.807, 2.05) is 0 Å². The van der Waals surface area contributed by atoms with Gasteiger partial charge in [-0.25, -0.2) is 9.59 Å². The number of likely N-dealkylation sites (N-methyl/N-ethyl adjacent to an activating group) is 1. The molecule has 2 unspecified atom stereocenters. The van der Waals surface area contributed by atoms with Gasteiger partial charge in [-0.2, -0.15) is 0 Å². The van der Waals surface area contributed by atoms with Crippen molar-refractivity contribution in [3.63, 3.8) is 0 Å². The zero-order chi connectivity index (χ0) is 12.6. The summed E-state index contributed by atoms with van der Waals surface area (Å²) < 4.78 is 5.04. The Bertz CT molecular complexity index is 476. The van der Waals surface area contributed by atoms with E-state index >= 15 is 0 Å². The van der Waals surface area contributed by atoms with Crippen molar-refractivity contribution in [1.29, 1.82) is 0 Å². The Balaban J connectivity index is 2.38. The number of carboxylic acids is 1. The number of ether oxygens (including phenoxy) is 1. The van der Waals surface area contributed by atoms with Crippen LogP contribution < -0.4 is 0 Å². The van der Waals surface area contributed by atoms with E-state index in [-0.39, 0.29) is 0 Å². The lowest BCUT2D eigenvalue weighted by Crippen LogP contribution is -2.37. The molecule has 2 atom stereocenters. The van der Waals surface area contributed by atoms with Crippen LogP contribution in [0.4, 0.5) is 4.79 Å². The fourth-order valence-corrected chi connectivity index (χ4v) is 2.00. The van der Waals surface area contributed by atoms with Crippen molar-refractivity contribution in [3.8, 4) is 0 Å². The third-order valence-corrected chi connectivity index (χ3v) is 2.89. The number of carboxylic acid groups (broad SMARTS) is 1. The van der Waals surface area contributed by atoms with Gasteiger partial charge in [0, 0.05) is 12.1 Å². The molecule has 6 heteroatoms. The first-order valence-corrected chi connectivity index (χ1v) is 5.30. The minimum atomic E-state index is -1.11. The van der Waals surface area contributed by atoms with Gasteiger partial charge in [0.25, 0.3) is 0 Å². The van der Waals surface area contributed by atoms with Crippen LogP contribution in [0.1, 0.15) is 11.7 Å². The van der Waals surface area contributed by atoms with E-state index in [9.17, 15) is 9.59 Å². The number of hydrogen-bond donors (Lipinski definition) is 1. The van der Waals surface area contributed by atoms with Crippen molar-refractivity contribution < 1.29 is 19.4 Å². The molecule has 17 heavy (non-hydrogen) atoms. The number of nitrogens with zero attached hydrogens (tertiary/aromatic N) is 1. The predicted octanol–water partition coefficient (Wildman–Crippen LogP) is 1.92. The van der Waals surface area contributed by atoms with E-state index in [4.69, 9.17) is 21.4 Å². The molecular formula is C11H10ClNO4. The highest BCUT2D eigenvalue weighted by Crippen LogP contribution is 2.32. The summed E-state index contributed by atoms with van der Waals surface area (Å²) in [6.45, 7) is 0. The van der Waals surface area contributed by atoms with Crippen LogP contribution in [0, 0.1) is 0 Å². The number of carbonyl (C=O) groups excluding carboxylic acids is 1. The lowest BCUT2D eigenvalue weighted by molar-refractivity contribution is -0.142. The van der Waals surface area contributed by atoms with Crippen LogP contribution in [0.5, 0.6) is 0 Å². The second-order valence-corrected chi connectivity index (χ2v) is 4.19. The molecule has 5 nitrogen and oxygen atoms in total. The third-order valence-electron chi connectivity index (χ3n) is 2.65. The Hall–Kier alpha value is -1.75. The molecular weight excluding hydrogens is 246 g/mol. The fourth-order valence-electron chi connectivity index (χ4n) is 1.80. The molecule has 0 bridgehead atoms. The lowest BCUT2D eigenvalue weighted by atomic mass is 10.0. The number of carbonyl (C=O) groups is 2. The maximum atomic E-state index is 11.4. The van der Waals surface area contributed by atoms with Crippen molar-refractivity contribution in [1.82, 2.24) is 4.90 Å². The van der Waals surface area contributed by atoms with E-state index < -0.39 is 24.2 Å². The first-order valence-electron chi connectivity index (χ1n) is 4.92. The van der Waals surface area contributed by atoms with Crippen LogP contribution in [0.15, 0.2) is 24.3 Å². The number of cyclic esters (lactones) is 1. The van der Waals surface area contributed by atoms with Gasteiger partial charge in [0.15, 0.2) is 12.1 Å². The molecule has 0 saturated carbocycles. The monoisotopic (exact) mass is 255 g/mol. The van der Waals surface area contributed by atoms with E-state index in [0.29, 0.717) is 10.6 Å². The number of hydrogen-bond acceptors (Lipinski definition) is 3. The van der Waals surface area contributed by atoms with Crippen molar-refractivity contribution in [3.05, 3.63) is 34.9 Å². The molecule has 1 heterocycles. The molecule has 0 radical (unpaired) electrons. The van der Waals surface area contributed by atoms with Crippen LogP contribution in [0.25, 0.3) is 0 Å². The summed E-state index contributed by atoms with van der Waals surface area (Å²) in [5.41, 5.74) is 0.572. The van der Waals surface area contributed by atoms with Gasteiger partial charge < -0.3 is 9.84 Å². The van der Waals surface area contributed by atoms with E-state index in [1.165, 1.54) is 7.05 Å². The normalized spacial score (nSPS) is 23.6. The number of rotatable bonds is 2. The summed E-state index contributed by atoms with van der Waals surface area (Å²) in [7, 11) is 1.39. The summed E-state index contributed by atoms with van der Waals surface area (Å²) in [6, 6.07) is 5.60. The molecule has 1 amide bonds. The molecule has 1 aliphatic rings. The molecule has 1 aromatic carbocycles. The molecule has 0 spiro atoms. The minimum absolute atomic E-state index is 0.470. The summed E-state index contributed by atoms with van der Waals surface area (Å²) in [4.78, 5) is 23.5. The maximum absolute atomic E-state index is 11.4. The molecule has 90 valence electrons. The van der Waals surface area contributed by atoms with Gasteiger partial charge in [-0.3, -0.25) is 4.90 Å². The summed E-state index contributed by atoms with van der Waals surface area (Å²) >= 11 is 5.82. The van der Waals surface area contributed by atoms with Gasteiger partial charge in [-0.05, 0) is 17.7 Å². The summed E-state index contributed by atoms with van der Waals surface area (Å²) in [6.07, 6.45) is -1.48. The Labute approximate surface area is 103 Å². The molecule has 0 aliphatic carbocycles. The Morgan fingerprint density at radius 3 is 2.82 bits per heavy atom. The SMILES string of the molecule is CN1C(=O)OC(c2cccc(Cl)c2)C1C(=O)O. The van der Waals surface area contributed by atoms with Crippen molar-refractivity contribution in [2.24, 2.45) is 0 Å². The average Bonchev–Trinajstić information content (AvgIpc) is 2.55. The second kappa shape index (κ2) is 4.25. The number of benzene rings is 1. The standard InChI is InChI=1S/C11H10ClNO4/c1-13-8(10(14)15)9(17-11(13)16)6-3-2-4-7(12)5-6/h2-5,8-9H,1H3,(H,14,15). The smallest absolute Gasteiger partial charge is 0.411 e. The van der Waals surface area contributed by atoms with Gasteiger partial charge in [0.1, 0.15) is 0 Å². The fraction of sp³-hybridized carbons (Fsp3) is 0.273. The van der Waals surface area contributed by atoms with Gasteiger partial charge in [0.05, 0.1) is 0 Å². The van der Waals surface area contributed by atoms with Gasteiger partial charge in [-0.15, -0.1) is 0 Å². The van der Waals surface area contributed by atoms with E-state index in [2.05, 4.69) is 0 Å². The summed E-state index contributed by atoms with van der Waals surface area (Å²) in [5.74, 6) is -1.11. The van der Waals surface area contributed by atoms with E-state index in [1.54, 1.807) is 24.3 Å². The van der Waals surface area contributed by atoms with Crippen LogP contribution in [0.3, 0.4) is 0 Å². The van der Waals surface area contributed by atoms with Crippen molar-refractivity contribution in [2.45, 2.75) is 12.1 Å².